The fourth-order valence-corrected chi connectivity index (χ4v) is 2.74. The number of carbonyl (C=O) groups is 1. The molecule has 0 atom stereocenters. The van der Waals surface area contributed by atoms with Gasteiger partial charge in [-0.3, -0.25) is 0 Å². The molecule has 0 radical (unpaired) electrons. The summed E-state index contributed by atoms with van der Waals surface area (Å²) in [6.45, 7) is 0. The monoisotopic (exact) mass is 300 g/mol. The highest BCUT2D eigenvalue weighted by Crippen LogP contribution is 2.34. The topological polar surface area (TPSA) is 26.3 Å². The number of fused-ring (bicyclic) bond motifs is 1. The number of carbonyl (C=O) groups excluding carboxylic acids is 1. The summed E-state index contributed by atoms with van der Waals surface area (Å²) in [5.41, 5.74) is 2.98. The van der Waals surface area contributed by atoms with Gasteiger partial charge in [0.1, 0.15) is 0 Å². The molecule has 0 aromatic heterocycles. The van der Waals surface area contributed by atoms with E-state index in [-0.39, 0.29) is 5.56 Å². The zero-order chi connectivity index (χ0) is 15.7. The van der Waals surface area contributed by atoms with Crippen molar-refractivity contribution < 1.29 is 18.3 Å². The van der Waals surface area contributed by atoms with Gasteiger partial charge in [0.25, 0.3) is 0 Å². The van der Waals surface area contributed by atoms with Crippen molar-refractivity contribution in [3.63, 3.8) is 0 Å². The highest BCUT2D eigenvalue weighted by molar-refractivity contribution is 5.92. The summed E-state index contributed by atoms with van der Waals surface area (Å²) in [5.74, 6) is -2.20. The highest BCUT2D eigenvalue weighted by atomic mass is 19.2. The van der Waals surface area contributed by atoms with E-state index in [2.05, 4.69) is 0 Å². The van der Waals surface area contributed by atoms with Crippen molar-refractivity contribution >= 4 is 11.5 Å². The maximum absolute atomic E-state index is 14.1. The molecule has 1 aliphatic rings. The molecule has 22 heavy (non-hydrogen) atoms. The van der Waals surface area contributed by atoms with Gasteiger partial charge < -0.3 is 4.74 Å². The van der Waals surface area contributed by atoms with Gasteiger partial charge in [0, 0.05) is 5.56 Å². The predicted molar refractivity (Wildman–Crippen MR) is 79.5 cm³/mol. The fourth-order valence-electron chi connectivity index (χ4n) is 2.74. The van der Waals surface area contributed by atoms with Crippen LogP contribution in [0.2, 0.25) is 0 Å². The van der Waals surface area contributed by atoms with Crippen LogP contribution in [-0.2, 0) is 11.2 Å². The van der Waals surface area contributed by atoms with Gasteiger partial charge >= 0.3 is 5.97 Å². The number of ether oxygens (including phenoxy) is 1. The average Bonchev–Trinajstić information content (AvgIpc) is 2.55. The lowest BCUT2D eigenvalue weighted by Crippen LogP contribution is -2.07. The lowest BCUT2D eigenvalue weighted by Gasteiger charge is -2.19. The van der Waals surface area contributed by atoms with E-state index < -0.39 is 17.6 Å². The Balaban J connectivity index is 2.15. The highest BCUT2D eigenvalue weighted by Gasteiger charge is 2.20. The third-order valence-electron chi connectivity index (χ3n) is 3.83. The zero-order valence-electron chi connectivity index (χ0n) is 12.0. The Labute approximate surface area is 127 Å². The van der Waals surface area contributed by atoms with Crippen LogP contribution in [-0.4, -0.2) is 13.1 Å². The van der Waals surface area contributed by atoms with Gasteiger partial charge in [0.2, 0.25) is 0 Å². The molecule has 4 heteroatoms. The first-order valence-electron chi connectivity index (χ1n) is 6.98. The largest absolute Gasteiger partial charge is 0.465 e. The normalized spacial score (nSPS) is 13.3. The second kappa shape index (κ2) is 5.72. The van der Waals surface area contributed by atoms with E-state index in [9.17, 15) is 13.6 Å². The van der Waals surface area contributed by atoms with Crippen LogP contribution >= 0.6 is 0 Å². The molecule has 0 aliphatic heterocycles. The van der Waals surface area contributed by atoms with E-state index >= 15 is 0 Å². The molecular formula is C18H14F2O2. The summed E-state index contributed by atoms with van der Waals surface area (Å²) in [5, 5.41) is 0. The molecule has 112 valence electrons. The van der Waals surface area contributed by atoms with E-state index in [1.165, 1.54) is 13.2 Å². The average molecular weight is 300 g/mol. The van der Waals surface area contributed by atoms with Crippen molar-refractivity contribution in [3.05, 3.63) is 76.4 Å². The molecular weight excluding hydrogens is 286 g/mol. The molecule has 0 amide bonds. The Morgan fingerprint density at radius 2 is 1.95 bits per heavy atom. The molecule has 0 saturated carbocycles. The minimum absolute atomic E-state index is 0.211. The second-order valence-electron chi connectivity index (χ2n) is 5.12. The van der Waals surface area contributed by atoms with Gasteiger partial charge in [-0.2, -0.15) is 0 Å². The van der Waals surface area contributed by atoms with Crippen LogP contribution < -0.4 is 0 Å². The summed E-state index contributed by atoms with van der Waals surface area (Å²) >= 11 is 0. The summed E-state index contributed by atoms with van der Waals surface area (Å²) in [6.07, 6.45) is 3.42. The quantitative estimate of drug-likeness (QED) is 0.780. The summed E-state index contributed by atoms with van der Waals surface area (Å²) in [4.78, 5) is 11.7. The number of aryl methyl sites for hydroxylation is 1. The predicted octanol–water partition coefficient (Wildman–Crippen LogP) is 4.13. The van der Waals surface area contributed by atoms with Crippen LogP contribution in [0.25, 0.3) is 5.57 Å². The Morgan fingerprint density at radius 1 is 1.14 bits per heavy atom. The fraction of sp³-hybridized carbons (Fsp3) is 0.167. The van der Waals surface area contributed by atoms with Gasteiger partial charge in [0.15, 0.2) is 11.6 Å². The summed E-state index contributed by atoms with van der Waals surface area (Å²) in [6, 6.07) is 9.32. The van der Waals surface area contributed by atoms with Gasteiger partial charge in [-0.05, 0) is 47.7 Å². The third kappa shape index (κ3) is 2.41. The summed E-state index contributed by atoms with van der Waals surface area (Å²) in [7, 11) is 1.31. The number of rotatable bonds is 2. The van der Waals surface area contributed by atoms with Crippen LogP contribution in [0.4, 0.5) is 8.78 Å². The van der Waals surface area contributed by atoms with Crippen molar-refractivity contribution in [3.8, 4) is 0 Å². The first-order chi connectivity index (χ1) is 10.6. The van der Waals surface area contributed by atoms with Crippen LogP contribution in [0.1, 0.15) is 33.5 Å². The molecule has 0 bridgehead atoms. The molecule has 0 heterocycles. The number of methoxy groups -OCH3 is 1. The number of benzene rings is 2. The molecule has 0 saturated heterocycles. The lowest BCUT2D eigenvalue weighted by atomic mass is 9.85. The zero-order valence-corrected chi connectivity index (χ0v) is 12.0. The van der Waals surface area contributed by atoms with Crippen molar-refractivity contribution in [2.75, 3.05) is 7.11 Å². The van der Waals surface area contributed by atoms with Crippen molar-refractivity contribution in [1.82, 2.24) is 0 Å². The third-order valence-corrected chi connectivity index (χ3v) is 3.83. The van der Waals surface area contributed by atoms with Crippen LogP contribution in [0, 0.1) is 11.6 Å². The number of hydrogen-bond acceptors (Lipinski definition) is 2. The molecule has 2 aromatic rings. The van der Waals surface area contributed by atoms with E-state index in [1.807, 2.05) is 12.1 Å². The standard InChI is InChI=1S/C18H14F2O2/c1-22-18(21)12-9-8-11-4-2-5-13(15(11)10-12)14-6-3-7-16(19)17(14)20/h3,5-10H,2,4H2,1H3. The molecule has 2 nitrogen and oxygen atoms in total. The molecule has 0 unspecified atom stereocenters. The minimum Gasteiger partial charge on any atom is -0.465 e. The summed E-state index contributed by atoms with van der Waals surface area (Å²) < 4.78 is 32.3. The molecule has 0 fully saturated rings. The van der Waals surface area contributed by atoms with Crippen molar-refractivity contribution in [2.24, 2.45) is 0 Å². The van der Waals surface area contributed by atoms with Crippen LogP contribution in [0.5, 0.6) is 0 Å². The maximum Gasteiger partial charge on any atom is 0.337 e. The first kappa shape index (κ1) is 14.4. The number of hydrogen-bond donors (Lipinski definition) is 0. The Kier molecular flexibility index (Phi) is 3.75. The molecule has 0 spiro atoms. The van der Waals surface area contributed by atoms with E-state index in [4.69, 9.17) is 4.74 Å². The van der Waals surface area contributed by atoms with Crippen molar-refractivity contribution in [2.45, 2.75) is 12.8 Å². The van der Waals surface area contributed by atoms with Crippen LogP contribution in [0.3, 0.4) is 0 Å². The smallest absolute Gasteiger partial charge is 0.337 e. The number of esters is 1. The van der Waals surface area contributed by atoms with Gasteiger partial charge in [-0.15, -0.1) is 0 Å². The van der Waals surface area contributed by atoms with Gasteiger partial charge in [0.05, 0.1) is 12.7 Å². The van der Waals surface area contributed by atoms with Crippen molar-refractivity contribution in [1.29, 1.82) is 0 Å². The molecule has 1 aliphatic carbocycles. The van der Waals surface area contributed by atoms with Gasteiger partial charge in [-0.1, -0.05) is 24.3 Å². The minimum atomic E-state index is -0.880. The van der Waals surface area contributed by atoms with E-state index in [0.29, 0.717) is 11.1 Å². The van der Waals surface area contributed by atoms with E-state index in [1.54, 1.807) is 18.2 Å². The Morgan fingerprint density at radius 3 is 2.73 bits per heavy atom. The lowest BCUT2D eigenvalue weighted by molar-refractivity contribution is 0.0600. The molecule has 2 aromatic carbocycles. The van der Waals surface area contributed by atoms with Gasteiger partial charge in [-0.25, -0.2) is 13.6 Å². The SMILES string of the molecule is COC(=O)c1ccc2c(c1)C(c1cccc(F)c1F)=CCC2. The molecule has 3 rings (SSSR count). The Bertz CT molecular complexity index is 779. The maximum atomic E-state index is 14.1. The van der Waals surface area contributed by atoms with Crippen LogP contribution in [0.15, 0.2) is 42.5 Å². The second-order valence-corrected chi connectivity index (χ2v) is 5.12. The first-order valence-corrected chi connectivity index (χ1v) is 6.98. The number of halogens is 2. The van der Waals surface area contributed by atoms with E-state index in [0.717, 1.165) is 30.0 Å². The Hall–Kier alpha value is -2.49. The molecule has 0 N–H and O–H groups in total. The number of allylic oxidation sites excluding steroid dienone is 1.